The van der Waals surface area contributed by atoms with Gasteiger partial charge in [0, 0.05) is 6.20 Å². The predicted octanol–water partition coefficient (Wildman–Crippen LogP) is 1.92. The Bertz CT molecular complexity index is 461. The zero-order valence-electron chi connectivity index (χ0n) is 8.74. The van der Waals surface area contributed by atoms with E-state index in [2.05, 4.69) is 5.10 Å². The van der Waals surface area contributed by atoms with E-state index in [0.717, 1.165) is 11.4 Å². The zero-order valence-corrected chi connectivity index (χ0v) is 8.74. The molecular formula is C12H12N2O2. The van der Waals surface area contributed by atoms with Crippen molar-refractivity contribution < 1.29 is 9.47 Å². The number of nitrogens with zero attached hydrogens (tertiary/aromatic N) is 2. The lowest BCUT2D eigenvalue weighted by Gasteiger charge is -2.11. The Labute approximate surface area is 93.4 Å². The molecule has 1 saturated heterocycles. The summed E-state index contributed by atoms with van der Waals surface area (Å²) < 4.78 is 12.8. The fourth-order valence-corrected chi connectivity index (χ4v) is 1.81. The second-order valence-electron chi connectivity index (χ2n) is 3.58. The molecule has 0 amide bonds. The summed E-state index contributed by atoms with van der Waals surface area (Å²) in [5, 5.41) is 4.29. The molecule has 1 aliphatic heterocycles. The fourth-order valence-electron chi connectivity index (χ4n) is 1.81. The molecule has 0 N–H and O–H groups in total. The zero-order chi connectivity index (χ0) is 10.8. The first-order valence-corrected chi connectivity index (χ1v) is 5.28. The monoisotopic (exact) mass is 216 g/mol. The molecular weight excluding hydrogens is 204 g/mol. The first-order chi connectivity index (χ1) is 7.95. The highest BCUT2D eigenvalue weighted by Gasteiger charge is 2.22. The van der Waals surface area contributed by atoms with Crippen LogP contribution in [0.1, 0.15) is 12.0 Å². The Balaban J connectivity index is 1.99. The summed E-state index contributed by atoms with van der Waals surface area (Å²) in [7, 11) is 0. The number of aromatic nitrogens is 2. The van der Waals surface area contributed by atoms with Crippen LogP contribution in [0.4, 0.5) is 0 Å². The number of para-hydroxylation sites is 1. The molecule has 0 bridgehead atoms. The summed E-state index contributed by atoms with van der Waals surface area (Å²) in [6, 6.07) is 11.9. The summed E-state index contributed by atoms with van der Waals surface area (Å²) in [5.41, 5.74) is 1.95. The van der Waals surface area contributed by atoms with E-state index in [1.165, 1.54) is 0 Å². The van der Waals surface area contributed by atoms with Crippen molar-refractivity contribution in [3.63, 3.8) is 0 Å². The van der Waals surface area contributed by atoms with E-state index in [1.807, 2.05) is 41.1 Å². The largest absolute Gasteiger partial charge is 0.345 e. The maximum atomic E-state index is 5.48. The third-order valence-corrected chi connectivity index (χ3v) is 2.54. The molecule has 3 rings (SSSR count). The van der Waals surface area contributed by atoms with Gasteiger partial charge in [-0.15, -0.1) is 0 Å². The second-order valence-corrected chi connectivity index (χ2v) is 3.58. The molecule has 1 fully saturated rings. The molecule has 0 spiro atoms. The topological polar surface area (TPSA) is 36.3 Å². The van der Waals surface area contributed by atoms with Crippen molar-refractivity contribution in [2.45, 2.75) is 6.29 Å². The van der Waals surface area contributed by atoms with Gasteiger partial charge in [-0.1, -0.05) is 18.2 Å². The Kier molecular flexibility index (Phi) is 2.44. The molecule has 1 aliphatic rings. The average molecular weight is 216 g/mol. The lowest BCUT2D eigenvalue weighted by molar-refractivity contribution is -0.0488. The molecule has 0 radical (unpaired) electrons. The molecule has 82 valence electrons. The normalized spacial score (nSPS) is 16.8. The number of benzene rings is 1. The van der Waals surface area contributed by atoms with Crippen LogP contribution in [0, 0.1) is 0 Å². The quantitative estimate of drug-likeness (QED) is 0.769. The van der Waals surface area contributed by atoms with Crippen molar-refractivity contribution in [2.75, 3.05) is 13.2 Å². The third kappa shape index (κ3) is 1.62. The molecule has 2 aromatic rings. The molecule has 0 aliphatic carbocycles. The van der Waals surface area contributed by atoms with Crippen LogP contribution in [-0.4, -0.2) is 23.0 Å². The summed E-state index contributed by atoms with van der Waals surface area (Å²) >= 11 is 0. The molecule has 1 aromatic carbocycles. The van der Waals surface area contributed by atoms with Gasteiger partial charge in [0.05, 0.1) is 18.9 Å². The van der Waals surface area contributed by atoms with E-state index in [0.29, 0.717) is 13.2 Å². The van der Waals surface area contributed by atoms with Gasteiger partial charge in [-0.2, -0.15) is 5.10 Å². The minimum atomic E-state index is -0.289. The van der Waals surface area contributed by atoms with Gasteiger partial charge < -0.3 is 9.47 Å². The molecule has 2 heterocycles. The Morgan fingerprint density at radius 2 is 1.81 bits per heavy atom. The van der Waals surface area contributed by atoms with Crippen LogP contribution in [0.2, 0.25) is 0 Å². The van der Waals surface area contributed by atoms with Crippen LogP contribution in [0.25, 0.3) is 5.69 Å². The Morgan fingerprint density at radius 1 is 1.06 bits per heavy atom. The molecule has 0 unspecified atom stereocenters. The maximum Gasteiger partial charge on any atom is 0.201 e. The van der Waals surface area contributed by atoms with E-state index in [1.54, 1.807) is 6.20 Å². The molecule has 1 aromatic heterocycles. The minimum absolute atomic E-state index is 0.289. The van der Waals surface area contributed by atoms with Gasteiger partial charge in [0.25, 0.3) is 0 Å². The lowest BCUT2D eigenvalue weighted by atomic mass is 10.3. The molecule has 4 heteroatoms. The van der Waals surface area contributed by atoms with Gasteiger partial charge in [0.15, 0.2) is 0 Å². The third-order valence-electron chi connectivity index (χ3n) is 2.54. The van der Waals surface area contributed by atoms with E-state index in [9.17, 15) is 0 Å². The van der Waals surface area contributed by atoms with Crippen molar-refractivity contribution in [1.82, 2.24) is 9.78 Å². The first-order valence-electron chi connectivity index (χ1n) is 5.28. The van der Waals surface area contributed by atoms with Gasteiger partial charge in [0.1, 0.15) is 5.69 Å². The van der Waals surface area contributed by atoms with Crippen molar-refractivity contribution in [3.05, 3.63) is 48.3 Å². The molecule has 4 nitrogen and oxygen atoms in total. The highest BCUT2D eigenvalue weighted by Crippen LogP contribution is 2.24. The van der Waals surface area contributed by atoms with Crippen molar-refractivity contribution in [2.24, 2.45) is 0 Å². The van der Waals surface area contributed by atoms with Gasteiger partial charge in [-0.05, 0) is 18.2 Å². The summed E-state index contributed by atoms with van der Waals surface area (Å²) in [6.45, 7) is 1.29. The van der Waals surface area contributed by atoms with E-state index in [-0.39, 0.29) is 6.29 Å². The van der Waals surface area contributed by atoms with Crippen LogP contribution in [0.3, 0.4) is 0 Å². The van der Waals surface area contributed by atoms with E-state index >= 15 is 0 Å². The Hall–Kier alpha value is -1.65. The highest BCUT2D eigenvalue weighted by molar-refractivity contribution is 5.32. The number of ether oxygens (including phenoxy) is 2. The first kappa shape index (κ1) is 9.57. The van der Waals surface area contributed by atoms with Crippen molar-refractivity contribution in [3.8, 4) is 5.69 Å². The van der Waals surface area contributed by atoms with Gasteiger partial charge >= 0.3 is 0 Å². The SMILES string of the molecule is c1ccc(-n2nccc2C2OCCO2)cc1. The van der Waals surface area contributed by atoms with Crippen LogP contribution in [0.15, 0.2) is 42.6 Å². The number of hydrogen-bond donors (Lipinski definition) is 0. The highest BCUT2D eigenvalue weighted by atomic mass is 16.7. The standard InChI is InChI=1S/C12H12N2O2/c1-2-4-10(5-3-1)14-11(6-7-13-14)12-15-8-9-16-12/h1-7,12H,8-9H2. The maximum absolute atomic E-state index is 5.48. The summed E-state index contributed by atoms with van der Waals surface area (Å²) in [6.07, 6.45) is 1.47. The Morgan fingerprint density at radius 3 is 2.56 bits per heavy atom. The van der Waals surface area contributed by atoms with Crippen LogP contribution < -0.4 is 0 Å². The molecule has 16 heavy (non-hydrogen) atoms. The van der Waals surface area contributed by atoms with E-state index in [4.69, 9.17) is 9.47 Å². The van der Waals surface area contributed by atoms with Gasteiger partial charge in [0.2, 0.25) is 6.29 Å². The van der Waals surface area contributed by atoms with Crippen LogP contribution in [-0.2, 0) is 9.47 Å². The summed E-state index contributed by atoms with van der Waals surface area (Å²) in [4.78, 5) is 0. The fraction of sp³-hybridized carbons (Fsp3) is 0.250. The molecule has 0 saturated carbocycles. The predicted molar refractivity (Wildman–Crippen MR) is 58.2 cm³/mol. The molecule has 0 atom stereocenters. The van der Waals surface area contributed by atoms with E-state index < -0.39 is 0 Å². The van der Waals surface area contributed by atoms with Crippen LogP contribution in [0.5, 0.6) is 0 Å². The smallest absolute Gasteiger partial charge is 0.201 e. The van der Waals surface area contributed by atoms with Crippen LogP contribution >= 0.6 is 0 Å². The second kappa shape index (κ2) is 4.08. The summed E-state index contributed by atoms with van der Waals surface area (Å²) in [5.74, 6) is 0. The number of rotatable bonds is 2. The van der Waals surface area contributed by atoms with Crippen molar-refractivity contribution in [1.29, 1.82) is 0 Å². The van der Waals surface area contributed by atoms with Gasteiger partial charge in [-0.25, -0.2) is 4.68 Å². The number of hydrogen-bond acceptors (Lipinski definition) is 3. The lowest BCUT2D eigenvalue weighted by Crippen LogP contribution is -2.07. The van der Waals surface area contributed by atoms with Gasteiger partial charge in [-0.3, -0.25) is 0 Å². The average Bonchev–Trinajstić information content (AvgIpc) is 3.01. The van der Waals surface area contributed by atoms with Crippen molar-refractivity contribution >= 4 is 0 Å². The minimum Gasteiger partial charge on any atom is -0.345 e.